The average molecular weight is 250 g/mol. The molecule has 16 heavy (non-hydrogen) atoms. The molecule has 0 bridgehead atoms. The van der Waals surface area contributed by atoms with Crippen LogP contribution in [0.2, 0.25) is 0 Å². The lowest BCUT2D eigenvalue weighted by atomic mass is 9.84. The van der Waals surface area contributed by atoms with Crippen molar-refractivity contribution in [3.05, 3.63) is 0 Å². The third kappa shape index (κ3) is 3.18. The van der Waals surface area contributed by atoms with Crippen molar-refractivity contribution in [2.75, 3.05) is 18.6 Å². The van der Waals surface area contributed by atoms with Gasteiger partial charge in [-0.3, -0.25) is 4.79 Å². The summed E-state index contributed by atoms with van der Waals surface area (Å²) in [4.78, 5) is 10.7. The second-order valence-electron chi connectivity index (χ2n) is 4.54. The summed E-state index contributed by atoms with van der Waals surface area (Å²) < 4.78 is 28.2. The highest BCUT2D eigenvalue weighted by Gasteiger charge is 2.40. The van der Waals surface area contributed by atoms with E-state index in [1.165, 1.54) is 7.11 Å². The molecule has 1 N–H and O–H groups in total. The topological polar surface area (TPSA) is 80.7 Å². The van der Waals surface area contributed by atoms with E-state index in [2.05, 4.69) is 0 Å². The van der Waals surface area contributed by atoms with E-state index in [9.17, 15) is 13.2 Å². The van der Waals surface area contributed by atoms with Gasteiger partial charge in [-0.15, -0.1) is 0 Å². The molecule has 0 aromatic rings. The molecule has 1 fully saturated rings. The van der Waals surface area contributed by atoms with Gasteiger partial charge in [0.15, 0.2) is 9.84 Å². The molecule has 0 amide bonds. The number of carboxylic acid groups (broad SMARTS) is 1. The molecule has 0 aromatic carbocycles. The Morgan fingerprint density at radius 1 is 1.56 bits per heavy atom. The van der Waals surface area contributed by atoms with Gasteiger partial charge in [-0.1, -0.05) is 0 Å². The number of hydrogen-bond acceptors (Lipinski definition) is 4. The highest BCUT2D eigenvalue weighted by molar-refractivity contribution is 7.91. The summed E-state index contributed by atoms with van der Waals surface area (Å²) in [5, 5.41) is 8.81. The largest absolute Gasteiger partial charge is 0.481 e. The van der Waals surface area contributed by atoms with Crippen LogP contribution in [0.1, 0.15) is 26.2 Å². The molecule has 94 valence electrons. The maximum absolute atomic E-state index is 11.5. The quantitative estimate of drug-likeness (QED) is 0.794. The van der Waals surface area contributed by atoms with E-state index in [4.69, 9.17) is 9.84 Å². The minimum Gasteiger partial charge on any atom is -0.481 e. The minimum atomic E-state index is -3.03. The molecule has 1 aliphatic rings. The Morgan fingerprint density at radius 3 is 2.62 bits per heavy atom. The van der Waals surface area contributed by atoms with Crippen LogP contribution < -0.4 is 0 Å². The van der Waals surface area contributed by atoms with Gasteiger partial charge >= 0.3 is 5.97 Å². The van der Waals surface area contributed by atoms with Crippen molar-refractivity contribution in [3.63, 3.8) is 0 Å². The monoisotopic (exact) mass is 250 g/mol. The Bertz CT molecular complexity index is 361. The smallest absolute Gasteiger partial charge is 0.306 e. The van der Waals surface area contributed by atoms with Crippen LogP contribution in [-0.4, -0.2) is 43.7 Å². The summed E-state index contributed by atoms with van der Waals surface area (Å²) in [6.45, 7) is 1.67. The third-order valence-electron chi connectivity index (χ3n) is 3.30. The standard InChI is InChI=1S/C10H18O5S/c1-10(15-2,6-9(11)12)8-4-3-5-16(13,14)7-8/h8H,3-7H2,1-2H3,(H,11,12). The summed E-state index contributed by atoms with van der Waals surface area (Å²) >= 11 is 0. The molecule has 0 radical (unpaired) electrons. The maximum atomic E-state index is 11.5. The second-order valence-corrected chi connectivity index (χ2v) is 6.77. The zero-order valence-corrected chi connectivity index (χ0v) is 10.4. The van der Waals surface area contributed by atoms with Crippen molar-refractivity contribution in [3.8, 4) is 0 Å². The van der Waals surface area contributed by atoms with Gasteiger partial charge in [0.1, 0.15) is 0 Å². The molecular weight excluding hydrogens is 232 g/mol. The van der Waals surface area contributed by atoms with Gasteiger partial charge in [0.25, 0.3) is 0 Å². The number of ether oxygens (including phenoxy) is 1. The molecular formula is C10H18O5S. The van der Waals surface area contributed by atoms with Gasteiger partial charge in [-0.25, -0.2) is 8.42 Å². The zero-order chi connectivity index (χ0) is 12.4. The molecule has 1 rings (SSSR count). The molecule has 0 aliphatic carbocycles. The fraction of sp³-hybridized carbons (Fsp3) is 0.900. The highest BCUT2D eigenvalue weighted by Crippen LogP contribution is 2.33. The van der Waals surface area contributed by atoms with Gasteiger partial charge in [0.05, 0.1) is 23.5 Å². The van der Waals surface area contributed by atoms with Crippen LogP contribution in [0.15, 0.2) is 0 Å². The number of carboxylic acids is 1. The molecule has 2 unspecified atom stereocenters. The van der Waals surface area contributed by atoms with Crippen molar-refractivity contribution in [1.29, 1.82) is 0 Å². The summed E-state index contributed by atoms with van der Waals surface area (Å²) in [5.41, 5.74) is -0.890. The highest BCUT2D eigenvalue weighted by atomic mass is 32.2. The molecule has 1 heterocycles. The average Bonchev–Trinajstić information content (AvgIpc) is 2.15. The Kier molecular flexibility index (Phi) is 3.96. The summed E-state index contributed by atoms with van der Waals surface area (Å²) in [7, 11) is -1.60. The van der Waals surface area contributed by atoms with Crippen LogP contribution in [0.5, 0.6) is 0 Å². The number of aliphatic carboxylic acids is 1. The molecule has 0 saturated carbocycles. The molecule has 1 aliphatic heterocycles. The third-order valence-corrected chi connectivity index (χ3v) is 5.12. The molecule has 0 spiro atoms. The van der Waals surface area contributed by atoms with E-state index in [1.54, 1.807) is 6.92 Å². The number of methoxy groups -OCH3 is 1. The number of carbonyl (C=O) groups is 1. The van der Waals surface area contributed by atoms with E-state index in [-0.39, 0.29) is 23.8 Å². The van der Waals surface area contributed by atoms with Crippen LogP contribution >= 0.6 is 0 Å². The molecule has 1 saturated heterocycles. The summed E-state index contributed by atoms with van der Waals surface area (Å²) in [6.07, 6.45) is 1.13. The first-order valence-electron chi connectivity index (χ1n) is 5.26. The van der Waals surface area contributed by atoms with E-state index in [0.29, 0.717) is 12.8 Å². The number of rotatable bonds is 4. The van der Waals surface area contributed by atoms with Gasteiger partial charge in [-0.2, -0.15) is 0 Å². The maximum Gasteiger partial charge on any atom is 0.306 e. The van der Waals surface area contributed by atoms with Crippen molar-refractivity contribution < 1.29 is 23.1 Å². The summed E-state index contributed by atoms with van der Waals surface area (Å²) in [6, 6.07) is 0. The van der Waals surface area contributed by atoms with E-state index in [0.717, 1.165) is 0 Å². The minimum absolute atomic E-state index is 0.0324. The van der Waals surface area contributed by atoms with Crippen molar-refractivity contribution in [2.45, 2.75) is 31.8 Å². The van der Waals surface area contributed by atoms with Crippen molar-refractivity contribution in [1.82, 2.24) is 0 Å². The molecule has 6 heteroatoms. The molecule has 2 atom stereocenters. The normalized spacial score (nSPS) is 28.2. The number of sulfone groups is 1. The van der Waals surface area contributed by atoms with E-state index in [1.807, 2.05) is 0 Å². The zero-order valence-electron chi connectivity index (χ0n) is 9.60. The van der Waals surface area contributed by atoms with Crippen LogP contribution in [0.25, 0.3) is 0 Å². The lowest BCUT2D eigenvalue weighted by molar-refractivity contribution is -0.146. The van der Waals surface area contributed by atoms with E-state index >= 15 is 0 Å². The first-order chi connectivity index (χ1) is 7.29. The van der Waals surface area contributed by atoms with Gasteiger partial charge in [-0.05, 0) is 19.8 Å². The van der Waals surface area contributed by atoms with E-state index < -0.39 is 21.4 Å². The molecule has 5 nitrogen and oxygen atoms in total. The first-order valence-corrected chi connectivity index (χ1v) is 7.08. The van der Waals surface area contributed by atoms with Gasteiger partial charge in [0, 0.05) is 13.0 Å². The predicted molar refractivity (Wildman–Crippen MR) is 59.0 cm³/mol. The Morgan fingerprint density at radius 2 is 2.19 bits per heavy atom. The van der Waals surface area contributed by atoms with Crippen molar-refractivity contribution >= 4 is 15.8 Å². The Hall–Kier alpha value is -0.620. The van der Waals surface area contributed by atoms with Crippen molar-refractivity contribution in [2.24, 2.45) is 5.92 Å². The molecule has 0 aromatic heterocycles. The second kappa shape index (κ2) is 4.71. The Balaban J connectivity index is 2.83. The van der Waals surface area contributed by atoms with Crippen LogP contribution in [0, 0.1) is 5.92 Å². The first kappa shape index (κ1) is 13.4. The van der Waals surface area contributed by atoms with Gasteiger partial charge < -0.3 is 9.84 Å². The SMILES string of the molecule is COC(C)(CC(=O)O)C1CCCS(=O)(=O)C1. The predicted octanol–water partition coefficient (Wildman–Crippen LogP) is 0.691. The Labute approximate surface area is 95.7 Å². The fourth-order valence-electron chi connectivity index (χ4n) is 2.19. The lowest BCUT2D eigenvalue weighted by Gasteiger charge is -2.37. The number of hydrogen-bond donors (Lipinski definition) is 1. The van der Waals surface area contributed by atoms with Gasteiger partial charge in [0.2, 0.25) is 0 Å². The summed E-state index contributed by atoms with van der Waals surface area (Å²) in [5.74, 6) is -0.958. The lowest BCUT2D eigenvalue weighted by Crippen LogP contribution is -2.45. The fourth-order valence-corrected chi connectivity index (χ4v) is 4.09. The van der Waals surface area contributed by atoms with Crippen LogP contribution in [-0.2, 0) is 19.4 Å². The van der Waals surface area contributed by atoms with Crippen LogP contribution in [0.3, 0.4) is 0 Å². The van der Waals surface area contributed by atoms with Crippen LogP contribution in [0.4, 0.5) is 0 Å².